The molecule has 22 heavy (non-hydrogen) atoms. The van der Waals surface area contributed by atoms with Crippen molar-refractivity contribution >= 4 is 38.1 Å². The maximum Gasteiger partial charge on any atom is 0.175 e. The second kappa shape index (κ2) is 8.19. The van der Waals surface area contributed by atoms with Crippen molar-refractivity contribution in [2.45, 2.75) is 6.61 Å². The number of nitrogens with one attached hydrogen (secondary N) is 1. The van der Waals surface area contributed by atoms with Crippen LogP contribution in [-0.4, -0.2) is 20.4 Å². The van der Waals surface area contributed by atoms with Crippen molar-refractivity contribution in [2.75, 3.05) is 14.2 Å². The van der Waals surface area contributed by atoms with E-state index in [0.717, 1.165) is 20.1 Å². The highest BCUT2D eigenvalue weighted by atomic mass is 79.9. The first-order chi connectivity index (χ1) is 10.6. The van der Waals surface area contributed by atoms with E-state index in [0.29, 0.717) is 18.1 Å². The van der Waals surface area contributed by atoms with Crippen LogP contribution in [0.2, 0.25) is 0 Å². The van der Waals surface area contributed by atoms with E-state index in [1.165, 1.54) is 0 Å². The molecular formula is C16H16Br2N2O2. The summed E-state index contributed by atoms with van der Waals surface area (Å²) in [5.74, 6) is 1.33. The summed E-state index contributed by atoms with van der Waals surface area (Å²) in [6.07, 6.45) is 1.71. The average molecular weight is 428 g/mol. The quantitative estimate of drug-likeness (QED) is 0.550. The Balaban J connectivity index is 2.19. The number of hydrogen-bond donors (Lipinski definition) is 1. The Kier molecular flexibility index (Phi) is 6.27. The third-order valence-corrected chi connectivity index (χ3v) is 4.01. The number of ether oxygens (including phenoxy) is 2. The largest absolute Gasteiger partial charge is 0.493 e. The van der Waals surface area contributed by atoms with Gasteiger partial charge in [-0.2, -0.15) is 5.10 Å². The smallest absolute Gasteiger partial charge is 0.175 e. The zero-order valence-corrected chi connectivity index (χ0v) is 15.4. The number of nitrogens with zero attached hydrogens (tertiary/aromatic N) is 1. The number of hydrogen-bond acceptors (Lipinski definition) is 4. The van der Waals surface area contributed by atoms with Crippen molar-refractivity contribution in [1.29, 1.82) is 0 Å². The minimum atomic E-state index is 0.464. The highest BCUT2D eigenvalue weighted by Crippen LogP contribution is 2.36. The molecule has 0 radical (unpaired) electrons. The number of rotatable bonds is 6. The maximum atomic E-state index is 5.90. The minimum Gasteiger partial charge on any atom is -0.493 e. The Labute approximate surface area is 146 Å². The van der Waals surface area contributed by atoms with Crippen LogP contribution in [-0.2, 0) is 6.61 Å². The lowest BCUT2D eigenvalue weighted by Gasteiger charge is -2.13. The summed E-state index contributed by atoms with van der Waals surface area (Å²) < 4.78 is 13.2. The molecule has 0 aliphatic carbocycles. The highest BCUT2D eigenvalue weighted by molar-refractivity contribution is 9.10. The van der Waals surface area contributed by atoms with Crippen LogP contribution in [0.25, 0.3) is 0 Å². The van der Waals surface area contributed by atoms with Crippen molar-refractivity contribution in [1.82, 2.24) is 5.43 Å². The molecular weight excluding hydrogens is 412 g/mol. The van der Waals surface area contributed by atoms with E-state index in [1.807, 2.05) is 36.4 Å². The van der Waals surface area contributed by atoms with Gasteiger partial charge in [0.2, 0.25) is 0 Å². The van der Waals surface area contributed by atoms with Crippen LogP contribution in [0.4, 0.5) is 0 Å². The van der Waals surface area contributed by atoms with E-state index in [2.05, 4.69) is 42.4 Å². The van der Waals surface area contributed by atoms with Crippen LogP contribution in [0.5, 0.6) is 11.5 Å². The summed E-state index contributed by atoms with van der Waals surface area (Å²) >= 11 is 6.94. The summed E-state index contributed by atoms with van der Waals surface area (Å²) in [5.41, 5.74) is 4.71. The van der Waals surface area contributed by atoms with Gasteiger partial charge in [0.1, 0.15) is 6.61 Å². The SMILES string of the molecule is CN/N=C/c1cc(Br)c(OCc2ccc(Br)cc2)c(OC)c1. The lowest BCUT2D eigenvalue weighted by Crippen LogP contribution is -2.00. The molecule has 2 aromatic carbocycles. The van der Waals surface area contributed by atoms with Crippen LogP contribution in [0, 0.1) is 0 Å². The van der Waals surface area contributed by atoms with Gasteiger partial charge in [-0.15, -0.1) is 0 Å². The van der Waals surface area contributed by atoms with E-state index in [4.69, 9.17) is 9.47 Å². The molecule has 6 heteroatoms. The molecule has 2 aromatic rings. The predicted molar refractivity (Wildman–Crippen MR) is 95.8 cm³/mol. The van der Waals surface area contributed by atoms with Gasteiger partial charge < -0.3 is 14.9 Å². The zero-order valence-electron chi connectivity index (χ0n) is 12.3. The fourth-order valence-corrected chi connectivity index (χ4v) is 2.67. The van der Waals surface area contributed by atoms with Gasteiger partial charge in [0, 0.05) is 11.5 Å². The molecule has 0 amide bonds. The average Bonchev–Trinajstić information content (AvgIpc) is 2.53. The first kappa shape index (κ1) is 16.8. The number of hydrazone groups is 1. The van der Waals surface area contributed by atoms with E-state index < -0.39 is 0 Å². The Bertz CT molecular complexity index is 658. The van der Waals surface area contributed by atoms with Gasteiger partial charge in [0.05, 0.1) is 17.8 Å². The second-order valence-corrected chi connectivity index (χ2v) is 6.20. The van der Waals surface area contributed by atoms with E-state index in [9.17, 15) is 0 Å². The molecule has 0 saturated heterocycles. The molecule has 1 N–H and O–H groups in total. The lowest BCUT2D eigenvalue weighted by atomic mass is 10.2. The topological polar surface area (TPSA) is 42.9 Å². The number of methoxy groups -OCH3 is 1. The van der Waals surface area contributed by atoms with Gasteiger partial charge in [0.15, 0.2) is 11.5 Å². The molecule has 0 saturated carbocycles. The second-order valence-electron chi connectivity index (χ2n) is 4.43. The van der Waals surface area contributed by atoms with E-state index in [-0.39, 0.29) is 0 Å². The van der Waals surface area contributed by atoms with Gasteiger partial charge in [-0.1, -0.05) is 28.1 Å². The van der Waals surface area contributed by atoms with E-state index in [1.54, 1.807) is 20.4 Å². The third-order valence-electron chi connectivity index (χ3n) is 2.89. The summed E-state index contributed by atoms with van der Waals surface area (Å²) in [6.45, 7) is 0.464. The Morgan fingerprint density at radius 3 is 2.55 bits per heavy atom. The van der Waals surface area contributed by atoms with Crippen LogP contribution in [0.1, 0.15) is 11.1 Å². The van der Waals surface area contributed by atoms with Gasteiger partial charge in [-0.05, 0) is 51.3 Å². The lowest BCUT2D eigenvalue weighted by molar-refractivity contribution is 0.282. The van der Waals surface area contributed by atoms with Gasteiger partial charge in [-0.3, -0.25) is 0 Å². The molecule has 0 fully saturated rings. The molecule has 0 aliphatic rings. The summed E-state index contributed by atoms with van der Waals surface area (Å²) in [6, 6.07) is 11.8. The predicted octanol–water partition coefficient (Wildman–Crippen LogP) is 4.35. The van der Waals surface area contributed by atoms with Crippen LogP contribution in [0.3, 0.4) is 0 Å². The molecule has 0 aliphatic heterocycles. The monoisotopic (exact) mass is 426 g/mol. The van der Waals surface area contributed by atoms with Crippen molar-refractivity contribution in [3.8, 4) is 11.5 Å². The van der Waals surface area contributed by atoms with E-state index >= 15 is 0 Å². The Morgan fingerprint density at radius 2 is 1.91 bits per heavy atom. The van der Waals surface area contributed by atoms with Crippen molar-refractivity contribution < 1.29 is 9.47 Å². The molecule has 0 spiro atoms. The van der Waals surface area contributed by atoms with Crippen molar-refractivity contribution in [2.24, 2.45) is 5.10 Å². The minimum absolute atomic E-state index is 0.464. The van der Waals surface area contributed by atoms with Gasteiger partial charge >= 0.3 is 0 Å². The highest BCUT2D eigenvalue weighted by Gasteiger charge is 2.11. The van der Waals surface area contributed by atoms with Crippen LogP contribution >= 0.6 is 31.9 Å². The molecule has 0 heterocycles. The Morgan fingerprint density at radius 1 is 1.18 bits per heavy atom. The first-order valence-electron chi connectivity index (χ1n) is 6.58. The summed E-state index contributed by atoms with van der Waals surface area (Å²) in [4.78, 5) is 0. The zero-order chi connectivity index (χ0) is 15.9. The molecule has 0 aromatic heterocycles. The molecule has 2 rings (SSSR count). The van der Waals surface area contributed by atoms with Crippen molar-refractivity contribution in [3.63, 3.8) is 0 Å². The first-order valence-corrected chi connectivity index (χ1v) is 8.17. The Hall–Kier alpha value is -1.53. The molecule has 0 atom stereocenters. The van der Waals surface area contributed by atoms with Crippen LogP contribution in [0.15, 0.2) is 50.4 Å². The molecule has 0 bridgehead atoms. The normalized spacial score (nSPS) is 10.7. The fourth-order valence-electron chi connectivity index (χ4n) is 1.83. The molecule has 4 nitrogen and oxygen atoms in total. The van der Waals surface area contributed by atoms with Gasteiger partial charge in [0.25, 0.3) is 0 Å². The summed E-state index contributed by atoms with van der Waals surface area (Å²) in [7, 11) is 3.37. The third kappa shape index (κ3) is 4.48. The molecule has 0 unspecified atom stereocenters. The standard InChI is InChI=1S/C16H16Br2N2O2/c1-19-20-9-12-7-14(18)16(15(8-12)21-2)22-10-11-3-5-13(17)6-4-11/h3-9,19H,10H2,1-2H3/b20-9+. The van der Waals surface area contributed by atoms with Gasteiger partial charge in [-0.25, -0.2) is 0 Å². The maximum absolute atomic E-state index is 5.90. The summed E-state index contributed by atoms with van der Waals surface area (Å²) in [5, 5.41) is 3.99. The van der Waals surface area contributed by atoms with Crippen LogP contribution < -0.4 is 14.9 Å². The number of benzene rings is 2. The van der Waals surface area contributed by atoms with Crippen molar-refractivity contribution in [3.05, 3.63) is 56.5 Å². The number of halogens is 2. The molecule has 116 valence electrons. The fraction of sp³-hybridized carbons (Fsp3) is 0.188.